The summed E-state index contributed by atoms with van der Waals surface area (Å²) in [7, 11) is 0. The average Bonchev–Trinajstić information content (AvgIpc) is 3.09. The smallest absolute Gasteiger partial charge is 0.269 e. The van der Waals surface area contributed by atoms with E-state index >= 15 is 0 Å². The molecule has 0 N–H and O–H groups in total. The molecule has 0 aliphatic carbocycles. The minimum Gasteiger partial charge on any atom is -0.370 e. The Labute approximate surface area is 102 Å². The van der Waals surface area contributed by atoms with Crippen LogP contribution in [0, 0.1) is 11.3 Å². The molecule has 3 heterocycles. The number of hydrogen-bond acceptors (Lipinski definition) is 6. The highest BCUT2D eigenvalue weighted by Crippen LogP contribution is 2.31. The molecule has 0 bridgehead atoms. The molecule has 1 atom stereocenters. The molecule has 17 heavy (non-hydrogen) atoms. The quantitative estimate of drug-likeness (QED) is 0.815. The van der Waals surface area contributed by atoms with Crippen LogP contribution < -0.4 is 0 Å². The van der Waals surface area contributed by atoms with Gasteiger partial charge in [-0.25, -0.2) is 0 Å². The fraction of sp³-hybridized carbons (Fsp3) is 0.364. The average molecular weight is 247 g/mol. The molecule has 3 rings (SSSR count). The van der Waals surface area contributed by atoms with Gasteiger partial charge in [-0.05, 0) is 24.3 Å². The number of hydrogen-bond donors (Lipinski definition) is 0. The maximum atomic E-state index is 8.93. The largest absolute Gasteiger partial charge is 0.370 e. The zero-order valence-corrected chi connectivity index (χ0v) is 9.74. The fourth-order valence-corrected chi connectivity index (χ4v) is 2.57. The Hall–Kier alpha value is -1.71. The molecule has 1 saturated heterocycles. The lowest BCUT2D eigenvalue weighted by Crippen LogP contribution is -1.97. The lowest BCUT2D eigenvalue weighted by atomic mass is 10.2. The summed E-state index contributed by atoms with van der Waals surface area (Å²) in [6.45, 7) is 0.747. The number of nitrogens with zero attached hydrogens (tertiary/aromatic N) is 3. The first-order valence-corrected chi connectivity index (χ1v) is 6.19. The van der Waals surface area contributed by atoms with Crippen LogP contribution in [0.1, 0.15) is 30.3 Å². The summed E-state index contributed by atoms with van der Waals surface area (Å²) in [5.41, 5.74) is 0.567. The number of rotatable bonds is 2. The van der Waals surface area contributed by atoms with Crippen LogP contribution in [0.25, 0.3) is 10.8 Å². The van der Waals surface area contributed by atoms with Crippen molar-refractivity contribution in [2.45, 2.75) is 18.9 Å². The lowest BCUT2D eigenvalue weighted by Gasteiger charge is -2.00. The number of aromatic nitrogens is 2. The summed E-state index contributed by atoms with van der Waals surface area (Å²) in [5, 5.41) is 14.7. The van der Waals surface area contributed by atoms with Crippen LogP contribution in [0.15, 0.2) is 16.0 Å². The standard InChI is InChI=1S/C11H9N3O2S/c12-6-7-3-5-17-9(7)11-13-10(14-16-11)8-2-1-4-15-8/h3,5,8H,1-2,4H2. The van der Waals surface area contributed by atoms with Crippen molar-refractivity contribution in [2.75, 3.05) is 6.61 Å². The molecule has 1 aliphatic heterocycles. The second kappa shape index (κ2) is 4.28. The lowest BCUT2D eigenvalue weighted by molar-refractivity contribution is 0.103. The molecule has 0 spiro atoms. The van der Waals surface area contributed by atoms with Gasteiger partial charge in [0.1, 0.15) is 17.1 Å². The predicted molar refractivity (Wildman–Crippen MR) is 60.3 cm³/mol. The van der Waals surface area contributed by atoms with Gasteiger partial charge in [0.25, 0.3) is 5.89 Å². The van der Waals surface area contributed by atoms with Crippen molar-refractivity contribution in [2.24, 2.45) is 0 Å². The molecule has 1 aliphatic rings. The Bertz CT molecular complexity index is 563. The van der Waals surface area contributed by atoms with Crippen molar-refractivity contribution in [1.29, 1.82) is 5.26 Å². The summed E-state index contributed by atoms with van der Waals surface area (Å²) in [6.07, 6.45) is 1.89. The molecule has 1 unspecified atom stereocenters. The monoisotopic (exact) mass is 247 g/mol. The number of thiophene rings is 1. The Morgan fingerprint density at radius 1 is 1.53 bits per heavy atom. The maximum absolute atomic E-state index is 8.93. The van der Waals surface area contributed by atoms with Crippen LogP contribution in [0.5, 0.6) is 0 Å². The van der Waals surface area contributed by atoms with E-state index in [1.54, 1.807) is 6.07 Å². The highest BCUT2D eigenvalue weighted by molar-refractivity contribution is 7.13. The first kappa shape index (κ1) is 10.4. The third kappa shape index (κ3) is 1.84. The predicted octanol–water partition coefficient (Wildman–Crippen LogP) is 2.52. The normalized spacial score (nSPS) is 19.4. The van der Waals surface area contributed by atoms with E-state index in [1.807, 2.05) is 5.38 Å². The molecule has 0 aromatic carbocycles. The number of ether oxygens (including phenoxy) is 1. The Morgan fingerprint density at radius 3 is 3.24 bits per heavy atom. The van der Waals surface area contributed by atoms with Gasteiger partial charge in [0, 0.05) is 6.61 Å². The van der Waals surface area contributed by atoms with Gasteiger partial charge < -0.3 is 9.26 Å². The van der Waals surface area contributed by atoms with Crippen LogP contribution >= 0.6 is 11.3 Å². The summed E-state index contributed by atoms with van der Waals surface area (Å²) in [6, 6.07) is 3.85. The first-order valence-electron chi connectivity index (χ1n) is 5.31. The minimum absolute atomic E-state index is 0.0574. The van der Waals surface area contributed by atoms with Crippen LogP contribution in [0.3, 0.4) is 0 Å². The first-order chi connectivity index (χ1) is 8.38. The van der Waals surface area contributed by atoms with Crippen molar-refractivity contribution < 1.29 is 9.26 Å². The zero-order valence-electron chi connectivity index (χ0n) is 8.92. The second-order valence-electron chi connectivity index (χ2n) is 3.73. The van der Waals surface area contributed by atoms with Gasteiger partial charge in [-0.15, -0.1) is 11.3 Å². The van der Waals surface area contributed by atoms with Gasteiger partial charge in [0.2, 0.25) is 5.82 Å². The fourth-order valence-electron chi connectivity index (χ4n) is 1.80. The molecule has 2 aromatic rings. The van der Waals surface area contributed by atoms with Crippen LogP contribution in [-0.2, 0) is 4.74 Å². The molecule has 0 radical (unpaired) electrons. The van der Waals surface area contributed by atoms with E-state index in [0.29, 0.717) is 17.3 Å². The highest BCUT2D eigenvalue weighted by Gasteiger charge is 2.24. The van der Waals surface area contributed by atoms with E-state index in [9.17, 15) is 0 Å². The Morgan fingerprint density at radius 2 is 2.47 bits per heavy atom. The Balaban J connectivity index is 1.92. The van der Waals surface area contributed by atoms with E-state index in [2.05, 4.69) is 16.2 Å². The van der Waals surface area contributed by atoms with Crippen molar-refractivity contribution in [3.8, 4) is 16.8 Å². The summed E-state index contributed by atoms with van der Waals surface area (Å²) in [4.78, 5) is 5.03. The van der Waals surface area contributed by atoms with Gasteiger partial charge >= 0.3 is 0 Å². The van der Waals surface area contributed by atoms with E-state index in [-0.39, 0.29) is 6.10 Å². The van der Waals surface area contributed by atoms with Crippen LogP contribution in [0.2, 0.25) is 0 Å². The van der Waals surface area contributed by atoms with Crippen LogP contribution in [0.4, 0.5) is 0 Å². The Kier molecular flexibility index (Phi) is 2.63. The van der Waals surface area contributed by atoms with Crippen molar-refractivity contribution >= 4 is 11.3 Å². The third-order valence-electron chi connectivity index (χ3n) is 2.64. The maximum Gasteiger partial charge on any atom is 0.269 e. The molecular formula is C11H9N3O2S. The summed E-state index contributed by atoms with van der Waals surface area (Å²) in [5.74, 6) is 0.983. The number of nitriles is 1. The van der Waals surface area contributed by atoms with Gasteiger partial charge in [0.15, 0.2) is 0 Å². The molecule has 1 fully saturated rings. The van der Waals surface area contributed by atoms with Gasteiger partial charge in [-0.2, -0.15) is 10.2 Å². The second-order valence-corrected chi connectivity index (χ2v) is 4.65. The van der Waals surface area contributed by atoms with E-state index in [1.165, 1.54) is 11.3 Å². The highest BCUT2D eigenvalue weighted by atomic mass is 32.1. The molecular weight excluding hydrogens is 238 g/mol. The molecule has 6 heteroatoms. The minimum atomic E-state index is -0.0574. The van der Waals surface area contributed by atoms with E-state index in [4.69, 9.17) is 14.5 Å². The van der Waals surface area contributed by atoms with Gasteiger partial charge in [0.05, 0.1) is 5.56 Å². The van der Waals surface area contributed by atoms with Gasteiger partial charge in [-0.1, -0.05) is 5.16 Å². The molecule has 86 valence electrons. The molecule has 5 nitrogen and oxygen atoms in total. The van der Waals surface area contributed by atoms with Crippen LogP contribution in [-0.4, -0.2) is 16.7 Å². The van der Waals surface area contributed by atoms with Crippen molar-refractivity contribution in [1.82, 2.24) is 10.1 Å². The van der Waals surface area contributed by atoms with Crippen molar-refractivity contribution in [3.63, 3.8) is 0 Å². The van der Waals surface area contributed by atoms with Gasteiger partial charge in [-0.3, -0.25) is 0 Å². The molecule has 2 aromatic heterocycles. The zero-order chi connectivity index (χ0) is 11.7. The summed E-state index contributed by atoms with van der Waals surface area (Å²) < 4.78 is 10.7. The topological polar surface area (TPSA) is 71.9 Å². The molecule has 0 amide bonds. The molecule has 0 saturated carbocycles. The van der Waals surface area contributed by atoms with Crippen molar-refractivity contribution in [3.05, 3.63) is 22.8 Å². The SMILES string of the molecule is N#Cc1ccsc1-c1nc(C2CCCO2)no1. The summed E-state index contributed by atoms with van der Waals surface area (Å²) >= 11 is 1.42. The van der Waals surface area contributed by atoms with E-state index < -0.39 is 0 Å². The third-order valence-corrected chi connectivity index (χ3v) is 3.54. The van der Waals surface area contributed by atoms with E-state index in [0.717, 1.165) is 24.3 Å².